The third-order valence-electron chi connectivity index (χ3n) is 3.00. The molecule has 2 aromatic heterocycles. The summed E-state index contributed by atoms with van der Waals surface area (Å²) in [5.41, 5.74) is 2.36. The van der Waals surface area contributed by atoms with E-state index < -0.39 is 0 Å². The maximum Gasteiger partial charge on any atom is 0.125 e. The molecule has 0 radical (unpaired) electrons. The molecule has 2 aromatic rings. The quantitative estimate of drug-likeness (QED) is 0.785. The van der Waals surface area contributed by atoms with Gasteiger partial charge in [-0.15, -0.1) is 11.3 Å². The normalized spacial score (nSPS) is 11.2. The molecule has 0 fully saturated rings. The zero-order valence-electron chi connectivity index (χ0n) is 12.5. The summed E-state index contributed by atoms with van der Waals surface area (Å²) >= 11 is 1.79. The lowest BCUT2D eigenvalue weighted by Crippen LogP contribution is -2.14. The van der Waals surface area contributed by atoms with Crippen LogP contribution in [0.3, 0.4) is 0 Å². The molecule has 20 heavy (non-hydrogen) atoms. The fourth-order valence-corrected chi connectivity index (χ4v) is 3.11. The summed E-state index contributed by atoms with van der Waals surface area (Å²) in [6.07, 6.45) is 5.89. The minimum absolute atomic E-state index is 0.628. The molecule has 0 atom stereocenters. The number of aromatic nitrogens is 2. The van der Waals surface area contributed by atoms with E-state index in [-0.39, 0.29) is 0 Å². The van der Waals surface area contributed by atoms with Gasteiger partial charge < -0.3 is 5.32 Å². The molecule has 0 saturated heterocycles. The highest BCUT2D eigenvalue weighted by atomic mass is 32.1. The Balaban J connectivity index is 2.22. The zero-order valence-corrected chi connectivity index (χ0v) is 13.3. The van der Waals surface area contributed by atoms with E-state index in [2.05, 4.69) is 37.1 Å². The van der Waals surface area contributed by atoms with Crippen LogP contribution < -0.4 is 5.32 Å². The number of hydrogen-bond donors (Lipinski definition) is 1. The van der Waals surface area contributed by atoms with Crippen molar-refractivity contribution in [3.8, 4) is 10.6 Å². The Morgan fingerprint density at radius 3 is 2.85 bits per heavy atom. The van der Waals surface area contributed by atoms with Crippen LogP contribution in [-0.2, 0) is 13.0 Å². The molecule has 2 rings (SSSR count). The average Bonchev–Trinajstić information content (AvgIpc) is 2.83. The van der Waals surface area contributed by atoms with Crippen molar-refractivity contribution < 1.29 is 0 Å². The van der Waals surface area contributed by atoms with Crippen LogP contribution in [0.15, 0.2) is 24.5 Å². The topological polar surface area (TPSA) is 37.8 Å². The largest absolute Gasteiger partial charge is 0.312 e. The van der Waals surface area contributed by atoms with E-state index in [9.17, 15) is 0 Å². The molecule has 3 nitrogen and oxygen atoms in total. The molecule has 2 heterocycles. The lowest BCUT2D eigenvalue weighted by atomic mass is 10.1. The number of thiazole rings is 1. The first-order valence-electron chi connectivity index (χ1n) is 7.30. The van der Waals surface area contributed by atoms with Crippen LogP contribution in [0.5, 0.6) is 0 Å². The second-order valence-electron chi connectivity index (χ2n) is 5.41. The van der Waals surface area contributed by atoms with Crippen molar-refractivity contribution in [2.75, 3.05) is 6.54 Å². The fraction of sp³-hybridized carbons (Fsp3) is 0.500. The van der Waals surface area contributed by atoms with Gasteiger partial charge in [-0.25, -0.2) is 4.98 Å². The van der Waals surface area contributed by atoms with Crippen molar-refractivity contribution in [2.45, 2.75) is 40.2 Å². The Morgan fingerprint density at radius 1 is 1.35 bits per heavy atom. The highest BCUT2D eigenvalue weighted by Crippen LogP contribution is 2.29. The number of pyridine rings is 1. The minimum Gasteiger partial charge on any atom is -0.312 e. The van der Waals surface area contributed by atoms with Crippen molar-refractivity contribution >= 4 is 11.3 Å². The second-order valence-corrected chi connectivity index (χ2v) is 6.49. The predicted molar refractivity (Wildman–Crippen MR) is 85.9 cm³/mol. The summed E-state index contributed by atoms with van der Waals surface area (Å²) in [6, 6.07) is 4.04. The van der Waals surface area contributed by atoms with Gasteiger partial charge in [0, 0.05) is 29.4 Å². The maximum absolute atomic E-state index is 4.84. The van der Waals surface area contributed by atoms with Crippen LogP contribution in [0.1, 0.15) is 37.8 Å². The highest BCUT2D eigenvalue weighted by molar-refractivity contribution is 7.15. The summed E-state index contributed by atoms with van der Waals surface area (Å²) in [7, 11) is 0. The van der Waals surface area contributed by atoms with E-state index in [1.165, 1.54) is 10.6 Å². The first kappa shape index (κ1) is 15.1. The van der Waals surface area contributed by atoms with Gasteiger partial charge in [0.25, 0.3) is 0 Å². The Kier molecular flexibility index (Phi) is 5.68. The highest BCUT2D eigenvalue weighted by Gasteiger charge is 2.13. The first-order chi connectivity index (χ1) is 9.70. The zero-order chi connectivity index (χ0) is 14.4. The molecule has 0 aliphatic heterocycles. The molecular formula is C16H23N3S. The Bertz CT molecular complexity index is 520. The van der Waals surface area contributed by atoms with Crippen molar-refractivity contribution in [3.63, 3.8) is 0 Å². The Morgan fingerprint density at radius 2 is 2.20 bits per heavy atom. The van der Waals surface area contributed by atoms with Gasteiger partial charge >= 0.3 is 0 Å². The molecule has 0 unspecified atom stereocenters. The van der Waals surface area contributed by atoms with Crippen molar-refractivity contribution in [2.24, 2.45) is 5.92 Å². The van der Waals surface area contributed by atoms with Crippen LogP contribution >= 0.6 is 11.3 Å². The third kappa shape index (κ3) is 4.12. The summed E-state index contributed by atoms with van der Waals surface area (Å²) in [5, 5.41) is 4.57. The van der Waals surface area contributed by atoms with E-state index in [4.69, 9.17) is 4.98 Å². The average molecular weight is 289 g/mol. The van der Waals surface area contributed by atoms with Crippen LogP contribution in [0.25, 0.3) is 10.6 Å². The van der Waals surface area contributed by atoms with Gasteiger partial charge in [0.1, 0.15) is 5.01 Å². The summed E-state index contributed by atoms with van der Waals surface area (Å²) in [6.45, 7) is 8.66. The predicted octanol–water partition coefficient (Wildman–Crippen LogP) is 3.90. The van der Waals surface area contributed by atoms with E-state index >= 15 is 0 Å². The molecule has 0 spiro atoms. The molecule has 0 saturated carbocycles. The molecule has 108 valence electrons. The van der Waals surface area contributed by atoms with E-state index in [0.717, 1.165) is 36.5 Å². The Hall–Kier alpha value is -1.26. The van der Waals surface area contributed by atoms with Gasteiger partial charge in [-0.1, -0.05) is 20.8 Å². The van der Waals surface area contributed by atoms with Gasteiger partial charge in [0.05, 0.1) is 5.69 Å². The molecule has 4 heteroatoms. The molecule has 0 aliphatic rings. The van der Waals surface area contributed by atoms with Crippen LogP contribution in [0.4, 0.5) is 0 Å². The lowest BCUT2D eigenvalue weighted by Gasteiger charge is -2.05. The monoisotopic (exact) mass is 289 g/mol. The molecular weight excluding hydrogens is 266 g/mol. The number of rotatable bonds is 7. The van der Waals surface area contributed by atoms with Gasteiger partial charge in [-0.05, 0) is 37.4 Å². The molecule has 0 aliphatic carbocycles. The number of nitrogens with zero attached hydrogens (tertiary/aromatic N) is 2. The van der Waals surface area contributed by atoms with E-state index in [0.29, 0.717) is 5.92 Å². The summed E-state index contributed by atoms with van der Waals surface area (Å²) in [4.78, 5) is 10.4. The molecule has 0 bridgehead atoms. The third-order valence-corrected chi connectivity index (χ3v) is 4.15. The smallest absolute Gasteiger partial charge is 0.125 e. The minimum atomic E-state index is 0.628. The van der Waals surface area contributed by atoms with E-state index in [1.807, 2.05) is 12.3 Å². The lowest BCUT2D eigenvalue weighted by molar-refractivity contribution is 0.623. The number of hydrogen-bond acceptors (Lipinski definition) is 4. The SMILES string of the molecule is CCCNCc1sc(-c2cccnc2)nc1CC(C)C. The van der Waals surface area contributed by atoms with Crippen LogP contribution in [-0.4, -0.2) is 16.5 Å². The Labute approximate surface area is 125 Å². The summed E-state index contributed by atoms with van der Waals surface area (Å²) < 4.78 is 0. The van der Waals surface area contributed by atoms with Crippen molar-refractivity contribution in [1.82, 2.24) is 15.3 Å². The van der Waals surface area contributed by atoms with Crippen molar-refractivity contribution in [3.05, 3.63) is 35.1 Å². The van der Waals surface area contributed by atoms with Crippen molar-refractivity contribution in [1.29, 1.82) is 0 Å². The molecule has 0 amide bonds. The van der Waals surface area contributed by atoms with Gasteiger partial charge in [-0.2, -0.15) is 0 Å². The van der Waals surface area contributed by atoms with Gasteiger partial charge in [0.15, 0.2) is 0 Å². The second kappa shape index (κ2) is 7.50. The standard InChI is InChI=1S/C16H23N3S/c1-4-7-17-11-15-14(9-12(2)3)19-16(20-15)13-6-5-8-18-10-13/h5-6,8,10,12,17H,4,7,9,11H2,1-3H3. The van der Waals surface area contributed by atoms with E-state index in [1.54, 1.807) is 17.5 Å². The van der Waals surface area contributed by atoms with Gasteiger partial charge in [-0.3, -0.25) is 4.98 Å². The van der Waals surface area contributed by atoms with Gasteiger partial charge in [0.2, 0.25) is 0 Å². The summed E-state index contributed by atoms with van der Waals surface area (Å²) in [5.74, 6) is 0.628. The number of nitrogens with one attached hydrogen (secondary N) is 1. The molecule has 0 aromatic carbocycles. The van der Waals surface area contributed by atoms with Crippen LogP contribution in [0, 0.1) is 5.92 Å². The molecule has 1 N–H and O–H groups in total. The fourth-order valence-electron chi connectivity index (χ4n) is 2.06. The van der Waals surface area contributed by atoms with Crippen LogP contribution in [0.2, 0.25) is 0 Å². The first-order valence-corrected chi connectivity index (χ1v) is 8.12. The maximum atomic E-state index is 4.84.